The number of rotatable bonds is 6. The predicted molar refractivity (Wildman–Crippen MR) is 58.8 cm³/mol. The van der Waals surface area contributed by atoms with E-state index < -0.39 is 5.97 Å². The van der Waals surface area contributed by atoms with Gasteiger partial charge in [-0.15, -0.1) is 0 Å². The molecular formula is C12H15NO3. The highest BCUT2D eigenvalue weighted by atomic mass is 16.5. The summed E-state index contributed by atoms with van der Waals surface area (Å²) in [5.74, 6) is -0.541. The fourth-order valence-corrected chi connectivity index (χ4v) is 1.29. The number of ether oxygens (including phenoxy) is 1. The number of aryl methyl sites for hydroxylation is 1. The van der Waals surface area contributed by atoms with E-state index in [1.54, 1.807) is 19.3 Å². The standard InChI is InChI=1S/C12H15NO3/c1-2-16-12(15)8-11(14)6-5-10-4-3-7-13-9-10/h3-4,7,9H,2,5-6,8H2,1H3. The van der Waals surface area contributed by atoms with Gasteiger partial charge in [0.1, 0.15) is 12.2 Å². The van der Waals surface area contributed by atoms with Gasteiger partial charge in [0.25, 0.3) is 0 Å². The summed E-state index contributed by atoms with van der Waals surface area (Å²) in [5, 5.41) is 0. The highest BCUT2D eigenvalue weighted by Crippen LogP contribution is 2.03. The molecule has 4 nitrogen and oxygen atoms in total. The molecule has 16 heavy (non-hydrogen) atoms. The molecule has 1 aromatic rings. The molecule has 0 aliphatic rings. The van der Waals surface area contributed by atoms with Crippen LogP contribution in [0.2, 0.25) is 0 Å². The van der Waals surface area contributed by atoms with Crippen LogP contribution < -0.4 is 0 Å². The molecule has 1 rings (SSSR count). The molecule has 0 radical (unpaired) electrons. The summed E-state index contributed by atoms with van der Waals surface area (Å²) in [4.78, 5) is 26.3. The number of hydrogen-bond donors (Lipinski definition) is 0. The zero-order chi connectivity index (χ0) is 11.8. The maximum absolute atomic E-state index is 11.4. The summed E-state index contributed by atoms with van der Waals surface area (Å²) in [6.45, 7) is 2.03. The van der Waals surface area contributed by atoms with Crippen LogP contribution in [0.15, 0.2) is 24.5 Å². The molecule has 0 unspecified atom stereocenters. The molecule has 0 spiro atoms. The first kappa shape index (κ1) is 12.4. The van der Waals surface area contributed by atoms with Crippen molar-refractivity contribution in [3.05, 3.63) is 30.1 Å². The van der Waals surface area contributed by atoms with Gasteiger partial charge < -0.3 is 4.74 Å². The highest BCUT2D eigenvalue weighted by molar-refractivity contribution is 5.95. The highest BCUT2D eigenvalue weighted by Gasteiger charge is 2.09. The minimum Gasteiger partial charge on any atom is -0.466 e. The fourth-order valence-electron chi connectivity index (χ4n) is 1.29. The average Bonchev–Trinajstić information content (AvgIpc) is 2.28. The van der Waals surface area contributed by atoms with E-state index in [9.17, 15) is 9.59 Å². The lowest BCUT2D eigenvalue weighted by Gasteiger charge is -2.01. The summed E-state index contributed by atoms with van der Waals surface area (Å²) < 4.78 is 4.69. The third-order valence-electron chi connectivity index (χ3n) is 2.06. The van der Waals surface area contributed by atoms with Crippen LogP contribution in [0.25, 0.3) is 0 Å². The molecule has 0 saturated heterocycles. The average molecular weight is 221 g/mol. The second kappa shape index (κ2) is 6.71. The zero-order valence-corrected chi connectivity index (χ0v) is 9.31. The molecule has 86 valence electrons. The van der Waals surface area contributed by atoms with Gasteiger partial charge in [-0.1, -0.05) is 6.07 Å². The van der Waals surface area contributed by atoms with Gasteiger partial charge in [-0.05, 0) is 25.0 Å². The van der Waals surface area contributed by atoms with Crippen molar-refractivity contribution >= 4 is 11.8 Å². The third kappa shape index (κ3) is 4.68. The second-order valence-electron chi connectivity index (χ2n) is 3.38. The lowest BCUT2D eigenvalue weighted by Crippen LogP contribution is -2.11. The van der Waals surface area contributed by atoms with Gasteiger partial charge in [0.05, 0.1) is 6.61 Å². The minimum absolute atomic E-state index is 0.0951. The van der Waals surface area contributed by atoms with Crippen LogP contribution in [0.5, 0.6) is 0 Å². The number of nitrogens with zero attached hydrogens (tertiary/aromatic N) is 1. The number of carbonyl (C=O) groups is 2. The van der Waals surface area contributed by atoms with Crippen LogP contribution >= 0.6 is 0 Å². The molecule has 1 heterocycles. The smallest absolute Gasteiger partial charge is 0.313 e. The molecule has 0 atom stereocenters. The van der Waals surface area contributed by atoms with Crippen LogP contribution in [0.1, 0.15) is 25.3 Å². The van der Waals surface area contributed by atoms with E-state index in [1.165, 1.54) is 0 Å². The quantitative estimate of drug-likeness (QED) is 0.540. The van der Waals surface area contributed by atoms with Crippen molar-refractivity contribution in [1.29, 1.82) is 0 Å². The van der Waals surface area contributed by atoms with Gasteiger partial charge in [0, 0.05) is 18.8 Å². The van der Waals surface area contributed by atoms with Gasteiger partial charge in [-0.3, -0.25) is 14.6 Å². The van der Waals surface area contributed by atoms with Crippen LogP contribution in [0.3, 0.4) is 0 Å². The maximum atomic E-state index is 11.4. The normalized spacial score (nSPS) is 9.81. The first-order chi connectivity index (χ1) is 7.72. The van der Waals surface area contributed by atoms with Crippen molar-refractivity contribution in [1.82, 2.24) is 4.98 Å². The number of Topliss-reactive ketones (excluding diaryl/α,β-unsaturated/α-hetero) is 1. The third-order valence-corrected chi connectivity index (χ3v) is 2.06. The Morgan fingerprint density at radius 3 is 2.88 bits per heavy atom. The van der Waals surface area contributed by atoms with Crippen molar-refractivity contribution in [2.45, 2.75) is 26.2 Å². The first-order valence-electron chi connectivity index (χ1n) is 5.28. The molecule has 0 bridgehead atoms. The minimum atomic E-state index is -0.446. The Bertz CT molecular complexity index is 349. The van der Waals surface area contributed by atoms with E-state index in [4.69, 9.17) is 4.74 Å². The van der Waals surface area contributed by atoms with Crippen LogP contribution in [0.4, 0.5) is 0 Å². The molecule has 0 N–H and O–H groups in total. The SMILES string of the molecule is CCOC(=O)CC(=O)CCc1cccnc1. The molecule has 0 amide bonds. The number of esters is 1. The van der Waals surface area contributed by atoms with Crippen molar-refractivity contribution in [2.75, 3.05) is 6.61 Å². The Morgan fingerprint density at radius 1 is 1.44 bits per heavy atom. The monoisotopic (exact) mass is 221 g/mol. The number of aromatic nitrogens is 1. The Kier molecular flexibility index (Phi) is 5.19. The molecule has 0 saturated carbocycles. The van der Waals surface area contributed by atoms with E-state index in [-0.39, 0.29) is 12.2 Å². The lowest BCUT2D eigenvalue weighted by atomic mass is 10.1. The van der Waals surface area contributed by atoms with Gasteiger partial charge in [0.15, 0.2) is 0 Å². The Hall–Kier alpha value is -1.71. The van der Waals surface area contributed by atoms with E-state index in [1.807, 2.05) is 12.1 Å². The largest absolute Gasteiger partial charge is 0.466 e. The van der Waals surface area contributed by atoms with E-state index in [2.05, 4.69) is 4.98 Å². The lowest BCUT2D eigenvalue weighted by molar-refractivity contribution is -0.145. The zero-order valence-electron chi connectivity index (χ0n) is 9.31. The number of carbonyl (C=O) groups excluding carboxylic acids is 2. The Morgan fingerprint density at radius 2 is 2.25 bits per heavy atom. The summed E-state index contributed by atoms with van der Waals surface area (Å²) in [6.07, 6.45) is 4.24. The number of ketones is 1. The van der Waals surface area contributed by atoms with Crippen molar-refractivity contribution < 1.29 is 14.3 Å². The van der Waals surface area contributed by atoms with Gasteiger partial charge in [-0.2, -0.15) is 0 Å². The molecule has 1 aromatic heterocycles. The van der Waals surface area contributed by atoms with Crippen molar-refractivity contribution in [3.63, 3.8) is 0 Å². The predicted octanol–water partition coefficient (Wildman–Crippen LogP) is 1.54. The van der Waals surface area contributed by atoms with Gasteiger partial charge >= 0.3 is 5.97 Å². The molecule has 0 aromatic carbocycles. The fraction of sp³-hybridized carbons (Fsp3) is 0.417. The summed E-state index contributed by atoms with van der Waals surface area (Å²) in [7, 11) is 0. The van der Waals surface area contributed by atoms with E-state index in [0.717, 1.165) is 5.56 Å². The summed E-state index contributed by atoms with van der Waals surface area (Å²) >= 11 is 0. The second-order valence-corrected chi connectivity index (χ2v) is 3.38. The summed E-state index contributed by atoms with van der Waals surface area (Å²) in [5.41, 5.74) is 1.000. The molecule has 0 aliphatic carbocycles. The van der Waals surface area contributed by atoms with Crippen LogP contribution in [0, 0.1) is 0 Å². The molecule has 4 heteroatoms. The maximum Gasteiger partial charge on any atom is 0.313 e. The molecular weight excluding hydrogens is 206 g/mol. The van der Waals surface area contributed by atoms with Crippen LogP contribution in [-0.2, 0) is 20.7 Å². The Labute approximate surface area is 94.6 Å². The number of pyridine rings is 1. The summed E-state index contributed by atoms with van der Waals surface area (Å²) in [6, 6.07) is 3.73. The molecule has 0 aliphatic heterocycles. The van der Waals surface area contributed by atoms with Crippen molar-refractivity contribution in [2.24, 2.45) is 0 Å². The van der Waals surface area contributed by atoms with Gasteiger partial charge in [0.2, 0.25) is 0 Å². The topological polar surface area (TPSA) is 56.3 Å². The van der Waals surface area contributed by atoms with Crippen LogP contribution in [-0.4, -0.2) is 23.3 Å². The van der Waals surface area contributed by atoms with E-state index in [0.29, 0.717) is 19.4 Å². The van der Waals surface area contributed by atoms with E-state index >= 15 is 0 Å². The first-order valence-corrected chi connectivity index (χ1v) is 5.28. The number of hydrogen-bond acceptors (Lipinski definition) is 4. The Balaban J connectivity index is 2.28. The molecule has 0 fully saturated rings. The van der Waals surface area contributed by atoms with Crippen molar-refractivity contribution in [3.8, 4) is 0 Å². The van der Waals surface area contributed by atoms with Gasteiger partial charge in [-0.25, -0.2) is 0 Å².